The van der Waals surface area contributed by atoms with E-state index >= 15 is 0 Å². The number of imide groups is 1. The minimum atomic E-state index is -0.204. The van der Waals surface area contributed by atoms with E-state index in [1.165, 1.54) is 4.90 Å². The Bertz CT molecular complexity index is 576. The quantitative estimate of drug-likeness (QED) is 0.838. The number of rotatable bonds is 4. The van der Waals surface area contributed by atoms with Crippen LogP contribution in [0.3, 0.4) is 0 Å². The normalized spacial score (nSPS) is 21.5. The van der Waals surface area contributed by atoms with E-state index < -0.39 is 0 Å². The molecule has 0 spiro atoms. The van der Waals surface area contributed by atoms with E-state index in [1.807, 2.05) is 18.2 Å². The molecule has 1 aromatic carbocycles. The minimum Gasteiger partial charge on any atom is -0.484 e. The zero-order chi connectivity index (χ0) is 15.5. The van der Waals surface area contributed by atoms with Crippen LogP contribution in [0.25, 0.3) is 0 Å². The molecule has 1 aromatic rings. The first-order chi connectivity index (χ1) is 10.6. The summed E-state index contributed by atoms with van der Waals surface area (Å²) >= 11 is 1.03. The van der Waals surface area contributed by atoms with Gasteiger partial charge in [-0.05, 0) is 18.6 Å². The second kappa shape index (κ2) is 6.39. The Kier molecular flexibility index (Phi) is 4.33. The van der Waals surface area contributed by atoms with Crippen LogP contribution >= 0.6 is 11.8 Å². The molecule has 116 valence electrons. The van der Waals surface area contributed by atoms with Crippen molar-refractivity contribution < 1.29 is 19.1 Å². The molecule has 2 heterocycles. The van der Waals surface area contributed by atoms with Crippen molar-refractivity contribution >= 4 is 28.8 Å². The fourth-order valence-corrected chi connectivity index (χ4v) is 3.43. The highest BCUT2D eigenvalue weighted by molar-refractivity contribution is 8.14. The molecule has 0 N–H and O–H groups in total. The maximum Gasteiger partial charge on any atom is 0.289 e. The summed E-state index contributed by atoms with van der Waals surface area (Å²) in [6.07, 6.45) is 0.634. The summed E-state index contributed by atoms with van der Waals surface area (Å²) < 4.78 is 5.44. The molecule has 1 atom stereocenters. The van der Waals surface area contributed by atoms with Gasteiger partial charge in [0.1, 0.15) is 5.75 Å². The Morgan fingerprint density at radius 2 is 2.05 bits per heavy atom. The van der Waals surface area contributed by atoms with Crippen LogP contribution in [0.1, 0.15) is 6.42 Å². The number of carbonyl (C=O) groups excluding carboxylic acids is 3. The Morgan fingerprint density at radius 3 is 2.73 bits per heavy atom. The Hall–Kier alpha value is -2.02. The maximum atomic E-state index is 12.1. The number of likely N-dealkylation sites (tertiary alicyclic amines) is 1. The molecule has 2 fully saturated rings. The van der Waals surface area contributed by atoms with Gasteiger partial charge in [0.05, 0.1) is 11.8 Å². The van der Waals surface area contributed by atoms with Crippen LogP contribution in [0.4, 0.5) is 4.79 Å². The number of amides is 3. The molecule has 2 aliphatic heterocycles. The van der Waals surface area contributed by atoms with Crippen molar-refractivity contribution in [3.05, 3.63) is 30.3 Å². The van der Waals surface area contributed by atoms with E-state index in [1.54, 1.807) is 17.0 Å². The number of hydrogen-bond acceptors (Lipinski definition) is 5. The average molecular weight is 320 g/mol. The van der Waals surface area contributed by atoms with E-state index in [2.05, 4.69) is 0 Å². The summed E-state index contributed by atoms with van der Waals surface area (Å²) in [5.41, 5.74) is 0. The molecular weight excluding hydrogens is 304 g/mol. The van der Waals surface area contributed by atoms with Crippen LogP contribution in [-0.4, -0.2) is 58.3 Å². The number of nitrogens with zero attached hydrogens (tertiary/aromatic N) is 2. The lowest BCUT2D eigenvalue weighted by atomic mass is 10.2. The Morgan fingerprint density at radius 1 is 1.27 bits per heavy atom. The highest BCUT2D eigenvalue weighted by atomic mass is 32.2. The molecule has 6 nitrogen and oxygen atoms in total. The first-order valence-corrected chi connectivity index (χ1v) is 8.08. The summed E-state index contributed by atoms with van der Waals surface area (Å²) in [6, 6.07) is 8.94. The van der Waals surface area contributed by atoms with Crippen molar-refractivity contribution in [1.29, 1.82) is 0 Å². The second-order valence-corrected chi connectivity index (χ2v) is 6.13. The molecule has 0 aliphatic carbocycles. The molecule has 0 unspecified atom stereocenters. The van der Waals surface area contributed by atoms with Gasteiger partial charge in [-0.3, -0.25) is 19.3 Å². The molecule has 22 heavy (non-hydrogen) atoms. The third kappa shape index (κ3) is 3.09. The van der Waals surface area contributed by atoms with Crippen LogP contribution in [0.5, 0.6) is 5.75 Å². The number of benzene rings is 1. The van der Waals surface area contributed by atoms with Gasteiger partial charge in [0.2, 0.25) is 5.91 Å². The fourth-order valence-electron chi connectivity index (χ4n) is 2.65. The summed E-state index contributed by atoms with van der Waals surface area (Å²) in [5, 5.41) is -0.204. The summed E-state index contributed by atoms with van der Waals surface area (Å²) in [6.45, 7) is 0.909. The lowest BCUT2D eigenvalue weighted by molar-refractivity contribution is -0.133. The van der Waals surface area contributed by atoms with E-state index in [0.29, 0.717) is 25.3 Å². The van der Waals surface area contributed by atoms with Crippen molar-refractivity contribution in [2.75, 3.05) is 25.4 Å². The molecule has 2 saturated heterocycles. The molecular formula is C15H16N2O4S. The second-order valence-electron chi connectivity index (χ2n) is 5.20. The van der Waals surface area contributed by atoms with E-state index in [0.717, 1.165) is 11.8 Å². The third-order valence-electron chi connectivity index (χ3n) is 3.77. The predicted octanol–water partition coefficient (Wildman–Crippen LogP) is 1.36. The first-order valence-electron chi connectivity index (χ1n) is 7.09. The standard InChI is InChI=1S/C15H16N2O4S/c18-13(9-21-12-4-2-1-3-5-12)16-7-6-11(8-16)17-14(19)10-22-15(17)20/h1-5,11H,6-10H2/t11-/m1/s1. The van der Waals surface area contributed by atoms with Gasteiger partial charge in [-0.25, -0.2) is 0 Å². The molecule has 3 amide bonds. The average Bonchev–Trinajstić information content (AvgIpc) is 3.13. The van der Waals surface area contributed by atoms with Crippen molar-refractivity contribution in [3.8, 4) is 5.75 Å². The Labute approximate surface area is 132 Å². The number of para-hydroxylation sites is 1. The molecule has 0 aromatic heterocycles. The highest BCUT2D eigenvalue weighted by Crippen LogP contribution is 2.26. The fraction of sp³-hybridized carbons (Fsp3) is 0.400. The van der Waals surface area contributed by atoms with Crippen LogP contribution in [-0.2, 0) is 9.59 Å². The largest absolute Gasteiger partial charge is 0.484 e. The summed E-state index contributed by atoms with van der Waals surface area (Å²) in [4.78, 5) is 38.5. The van der Waals surface area contributed by atoms with Gasteiger partial charge < -0.3 is 9.64 Å². The maximum absolute atomic E-state index is 12.1. The van der Waals surface area contributed by atoms with Crippen LogP contribution < -0.4 is 4.74 Å². The molecule has 0 bridgehead atoms. The summed E-state index contributed by atoms with van der Waals surface area (Å²) in [7, 11) is 0. The molecule has 3 rings (SSSR count). The van der Waals surface area contributed by atoms with Crippen molar-refractivity contribution in [2.24, 2.45) is 0 Å². The molecule has 0 saturated carbocycles. The zero-order valence-electron chi connectivity index (χ0n) is 11.9. The number of hydrogen-bond donors (Lipinski definition) is 0. The highest BCUT2D eigenvalue weighted by Gasteiger charge is 2.40. The van der Waals surface area contributed by atoms with Gasteiger partial charge in [0, 0.05) is 13.1 Å². The topological polar surface area (TPSA) is 66.9 Å². The van der Waals surface area contributed by atoms with Gasteiger partial charge in [0.25, 0.3) is 11.1 Å². The zero-order valence-corrected chi connectivity index (χ0v) is 12.8. The monoisotopic (exact) mass is 320 g/mol. The first kappa shape index (κ1) is 14.9. The molecule has 7 heteroatoms. The lowest BCUT2D eigenvalue weighted by Gasteiger charge is -2.21. The van der Waals surface area contributed by atoms with E-state index in [9.17, 15) is 14.4 Å². The third-order valence-corrected chi connectivity index (χ3v) is 4.61. The van der Waals surface area contributed by atoms with Gasteiger partial charge in [-0.1, -0.05) is 30.0 Å². The van der Waals surface area contributed by atoms with E-state index in [-0.39, 0.29) is 35.5 Å². The van der Waals surface area contributed by atoms with Crippen LogP contribution in [0.15, 0.2) is 30.3 Å². The number of ether oxygens (including phenoxy) is 1. The van der Waals surface area contributed by atoms with Crippen molar-refractivity contribution in [2.45, 2.75) is 12.5 Å². The smallest absolute Gasteiger partial charge is 0.289 e. The van der Waals surface area contributed by atoms with Gasteiger partial charge in [-0.2, -0.15) is 0 Å². The number of carbonyl (C=O) groups is 3. The van der Waals surface area contributed by atoms with E-state index in [4.69, 9.17) is 4.74 Å². The van der Waals surface area contributed by atoms with Gasteiger partial charge in [-0.15, -0.1) is 0 Å². The number of thioether (sulfide) groups is 1. The van der Waals surface area contributed by atoms with Crippen LogP contribution in [0, 0.1) is 0 Å². The van der Waals surface area contributed by atoms with Crippen LogP contribution in [0.2, 0.25) is 0 Å². The van der Waals surface area contributed by atoms with Gasteiger partial charge in [0.15, 0.2) is 6.61 Å². The SMILES string of the molecule is O=C(COc1ccccc1)N1CC[C@@H](N2C(=O)CSC2=O)C1. The van der Waals surface area contributed by atoms with Crippen molar-refractivity contribution in [3.63, 3.8) is 0 Å². The summed E-state index contributed by atoms with van der Waals surface area (Å²) in [5.74, 6) is 0.571. The minimum absolute atomic E-state index is 0.0343. The molecule has 0 radical (unpaired) electrons. The van der Waals surface area contributed by atoms with Crippen molar-refractivity contribution in [1.82, 2.24) is 9.80 Å². The van der Waals surface area contributed by atoms with Gasteiger partial charge >= 0.3 is 0 Å². The lowest BCUT2D eigenvalue weighted by Crippen LogP contribution is -2.42. The molecule has 2 aliphatic rings. The Balaban J connectivity index is 1.53. The predicted molar refractivity (Wildman–Crippen MR) is 81.6 cm³/mol.